The number of furan rings is 1. The Hall–Kier alpha value is -1.74. The Balaban J connectivity index is 1.80. The van der Waals surface area contributed by atoms with Gasteiger partial charge in [0.05, 0.1) is 13.4 Å². The van der Waals surface area contributed by atoms with E-state index < -0.39 is 0 Å². The topological polar surface area (TPSA) is 34.4 Å². The highest BCUT2D eigenvalue weighted by atomic mass is 16.5. The first-order chi connectivity index (χ1) is 10.3. The molecule has 2 rings (SSSR count). The summed E-state index contributed by atoms with van der Waals surface area (Å²) in [5.74, 6) is 1.99. The predicted molar refractivity (Wildman–Crippen MR) is 85.8 cm³/mol. The third kappa shape index (κ3) is 5.27. The molecule has 0 fully saturated rings. The fraction of sp³-hybridized carbons (Fsp3) is 0.444. The van der Waals surface area contributed by atoms with Crippen LogP contribution in [0.2, 0.25) is 0 Å². The lowest BCUT2D eigenvalue weighted by Gasteiger charge is -2.17. The first-order valence-corrected chi connectivity index (χ1v) is 7.70. The molecule has 0 aliphatic carbocycles. The summed E-state index contributed by atoms with van der Waals surface area (Å²) in [6.07, 6.45) is 6.07. The Labute approximate surface area is 127 Å². The third-order valence-corrected chi connectivity index (χ3v) is 3.75. The minimum Gasteiger partial charge on any atom is -0.497 e. The van der Waals surface area contributed by atoms with Gasteiger partial charge in [-0.25, -0.2) is 0 Å². The molecule has 0 saturated carbocycles. The minimum absolute atomic E-state index is 0.530. The van der Waals surface area contributed by atoms with Crippen LogP contribution >= 0.6 is 0 Å². The minimum atomic E-state index is 0.530. The normalized spacial score (nSPS) is 12.3. The van der Waals surface area contributed by atoms with E-state index >= 15 is 0 Å². The van der Waals surface area contributed by atoms with Crippen LogP contribution < -0.4 is 10.1 Å². The van der Waals surface area contributed by atoms with Gasteiger partial charge in [-0.2, -0.15) is 0 Å². The van der Waals surface area contributed by atoms with Crippen molar-refractivity contribution in [1.29, 1.82) is 0 Å². The largest absolute Gasteiger partial charge is 0.497 e. The van der Waals surface area contributed by atoms with Gasteiger partial charge < -0.3 is 14.5 Å². The molecule has 3 heteroatoms. The molecule has 1 heterocycles. The molecule has 114 valence electrons. The zero-order valence-electron chi connectivity index (χ0n) is 13.0. The van der Waals surface area contributed by atoms with Crippen molar-refractivity contribution in [1.82, 2.24) is 5.32 Å². The number of nitrogens with one attached hydrogen (secondary N) is 1. The fourth-order valence-electron chi connectivity index (χ4n) is 2.54. The van der Waals surface area contributed by atoms with E-state index in [2.05, 4.69) is 24.4 Å². The van der Waals surface area contributed by atoms with E-state index in [1.807, 2.05) is 24.3 Å². The molecule has 1 aromatic heterocycles. The summed E-state index contributed by atoms with van der Waals surface area (Å²) in [5.41, 5.74) is 1.36. The van der Waals surface area contributed by atoms with E-state index in [1.54, 1.807) is 13.4 Å². The zero-order chi connectivity index (χ0) is 14.9. The molecule has 21 heavy (non-hydrogen) atoms. The van der Waals surface area contributed by atoms with Gasteiger partial charge in [-0.1, -0.05) is 19.1 Å². The predicted octanol–water partition coefficient (Wildman–Crippen LogP) is 3.83. The van der Waals surface area contributed by atoms with E-state index in [1.165, 1.54) is 5.56 Å². The maximum absolute atomic E-state index is 5.41. The number of methoxy groups -OCH3 is 1. The number of aryl methyl sites for hydroxylation is 2. The number of benzene rings is 1. The monoisotopic (exact) mass is 287 g/mol. The Bertz CT molecular complexity index is 490. The maximum atomic E-state index is 5.41. The zero-order valence-corrected chi connectivity index (χ0v) is 13.0. The van der Waals surface area contributed by atoms with Gasteiger partial charge in [0.1, 0.15) is 11.5 Å². The molecule has 1 aromatic carbocycles. The molecule has 0 radical (unpaired) electrons. The number of hydrogen-bond acceptors (Lipinski definition) is 3. The van der Waals surface area contributed by atoms with Crippen LogP contribution in [0.4, 0.5) is 0 Å². The Kier molecular flexibility index (Phi) is 6.35. The van der Waals surface area contributed by atoms with Crippen molar-refractivity contribution in [3.63, 3.8) is 0 Å². The van der Waals surface area contributed by atoms with Crippen LogP contribution in [0.25, 0.3) is 0 Å². The average molecular weight is 287 g/mol. The molecule has 2 aromatic rings. The fourth-order valence-corrected chi connectivity index (χ4v) is 2.54. The van der Waals surface area contributed by atoms with E-state index in [0.717, 1.165) is 43.7 Å². The summed E-state index contributed by atoms with van der Waals surface area (Å²) in [7, 11) is 1.70. The summed E-state index contributed by atoms with van der Waals surface area (Å²) in [4.78, 5) is 0. The summed E-state index contributed by atoms with van der Waals surface area (Å²) < 4.78 is 10.6. The van der Waals surface area contributed by atoms with Crippen molar-refractivity contribution >= 4 is 0 Å². The smallest absolute Gasteiger partial charge is 0.118 e. The molecular formula is C18H25NO2. The van der Waals surface area contributed by atoms with Crippen molar-refractivity contribution in [3.8, 4) is 5.75 Å². The van der Waals surface area contributed by atoms with Gasteiger partial charge in [-0.05, 0) is 55.6 Å². The standard InChI is InChI=1S/C18H25NO2/c1-3-19-16(10-13-18-5-4-14-21-18)9-6-15-7-11-17(20-2)12-8-15/h4-5,7-8,11-12,14,16,19H,3,6,9-10,13H2,1-2H3. The summed E-state index contributed by atoms with van der Waals surface area (Å²) >= 11 is 0. The van der Waals surface area contributed by atoms with Gasteiger partial charge in [0.15, 0.2) is 0 Å². The second-order valence-electron chi connectivity index (χ2n) is 5.26. The molecule has 0 aliphatic rings. The summed E-state index contributed by atoms with van der Waals surface area (Å²) in [5, 5.41) is 3.57. The quantitative estimate of drug-likeness (QED) is 0.761. The molecule has 1 unspecified atom stereocenters. The SMILES string of the molecule is CCNC(CCc1ccc(OC)cc1)CCc1ccco1. The van der Waals surface area contributed by atoms with Crippen molar-refractivity contribution in [2.45, 2.75) is 38.6 Å². The van der Waals surface area contributed by atoms with Crippen LogP contribution in [0.15, 0.2) is 47.1 Å². The molecule has 3 nitrogen and oxygen atoms in total. The molecule has 0 aliphatic heterocycles. The Morgan fingerprint density at radius 1 is 1.10 bits per heavy atom. The van der Waals surface area contributed by atoms with Crippen LogP contribution in [0.3, 0.4) is 0 Å². The maximum Gasteiger partial charge on any atom is 0.118 e. The first-order valence-electron chi connectivity index (χ1n) is 7.70. The van der Waals surface area contributed by atoms with Gasteiger partial charge >= 0.3 is 0 Å². The van der Waals surface area contributed by atoms with Crippen LogP contribution in [0.5, 0.6) is 5.75 Å². The van der Waals surface area contributed by atoms with E-state index in [-0.39, 0.29) is 0 Å². The van der Waals surface area contributed by atoms with Crippen LogP contribution in [0, 0.1) is 0 Å². The van der Waals surface area contributed by atoms with Crippen LogP contribution in [0.1, 0.15) is 31.1 Å². The highest BCUT2D eigenvalue weighted by Gasteiger charge is 2.09. The van der Waals surface area contributed by atoms with Crippen molar-refractivity contribution in [2.75, 3.05) is 13.7 Å². The van der Waals surface area contributed by atoms with Crippen LogP contribution in [-0.2, 0) is 12.8 Å². The van der Waals surface area contributed by atoms with E-state index in [4.69, 9.17) is 9.15 Å². The highest BCUT2D eigenvalue weighted by Crippen LogP contribution is 2.15. The first kappa shape index (κ1) is 15.6. The lowest BCUT2D eigenvalue weighted by molar-refractivity contribution is 0.414. The van der Waals surface area contributed by atoms with Crippen molar-refractivity contribution in [2.24, 2.45) is 0 Å². The summed E-state index contributed by atoms with van der Waals surface area (Å²) in [6.45, 7) is 3.17. The number of ether oxygens (including phenoxy) is 1. The van der Waals surface area contributed by atoms with Gasteiger partial charge in [-0.15, -0.1) is 0 Å². The molecule has 0 saturated heterocycles. The molecule has 1 atom stereocenters. The van der Waals surface area contributed by atoms with Gasteiger partial charge in [-0.3, -0.25) is 0 Å². The van der Waals surface area contributed by atoms with Gasteiger partial charge in [0, 0.05) is 12.5 Å². The molecular weight excluding hydrogens is 262 g/mol. The average Bonchev–Trinajstić information content (AvgIpc) is 3.04. The van der Waals surface area contributed by atoms with Crippen molar-refractivity contribution < 1.29 is 9.15 Å². The third-order valence-electron chi connectivity index (χ3n) is 3.75. The number of hydrogen-bond donors (Lipinski definition) is 1. The van der Waals surface area contributed by atoms with Gasteiger partial charge in [0.2, 0.25) is 0 Å². The Morgan fingerprint density at radius 2 is 1.86 bits per heavy atom. The lowest BCUT2D eigenvalue weighted by Crippen LogP contribution is -2.29. The van der Waals surface area contributed by atoms with E-state index in [0.29, 0.717) is 6.04 Å². The second kappa shape index (κ2) is 8.53. The Morgan fingerprint density at radius 3 is 2.48 bits per heavy atom. The molecule has 0 amide bonds. The summed E-state index contributed by atoms with van der Waals surface area (Å²) in [6, 6.07) is 12.9. The lowest BCUT2D eigenvalue weighted by atomic mass is 10.0. The van der Waals surface area contributed by atoms with Crippen LogP contribution in [-0.4, -0.2) is 19.7 Å². The second-order valence-corrected chi connectivity index (χ2v) is 5.26. The van der Waals surface area contributed by atoms with Crippen molar-refractivity contribution in [3.05, 3.63) is 54.0 Å². The van der Waals surface area contributed by atoms with E-state index in [9.17, 15) is 0 Å². The molecule has 1 N–H and O–H groups in total. The number of rotatable bonds is 9. The van der Waals surface area contributed by atoms with Gasteiger partial charge in [0.25, 0.3) is 0 Å². The molecule has 0 spiro atoms. The highest BCUT2D eigenvalue weighted by molar-refractivity contribution is 5.27. The molecule has 0 bridgehead atoms.